The Morgan fingerprint density at radius 2 is 2.00 bits per heavy atom. The molecule has 0 aliphatic rings. The number of hydrogen-bond donors (Lipinski definition) is 2. The van der Waals surface area contributed by atoms with Crippen LogP contribution in [-0.4, -0.2) is 25.5 Å². The third-order valence-electron chi connectivity index (χ3n) is 2.56. The standard InChI is InChI=1S/C11H16N6O/c1-4-8-9(6-17(3)14-8)13-11(18)10-7(12)5-16(2)15-10/h5-6H,4,12H2,1-3H3,(H,13,18). The van der Waals surface area contributed by atoms with Crippen LogP contribution in [0.4, 0.5) is 11.4 Å². The molecule has 2 aromatic heterocycles. The zero-order valence-corrected chi connectivity index (χ0v) is 10.6. The number of rotatable bonds is 3. The lowest BCUT2D eigenvalue weighted by molar-refractivity contribution is 0.102. The highest BCUT2D eigenvalue weighted by Gasteiger charge is 2.16. The fourth-order valence-corrected chi connectivity index (χ4v) is 1.76. The summed E-state index contributed by atoms with van der Waals surface area (Å²) in [4.78, 5) is 12.0. The highest BCUT2D eigenvalue weighted by molar-refractivity contribution is 6.06. The van der Waals surface area contributed by atoms with Crippen molar-refractivity contribution in [2.24, 2.45) is 14.1 Å². The Kier molecular flexibility index (Phi) is 3.05. The molecular weight excluding hydrogens is 232 g/mol. The first-order valence-corrected chi connectivity index (χ1v) is 5.64. The smallest absolute Gasteiger partial charge is 0.278 e. The van der Waals surface area contributed by atoms with Crippen LogP contribution in [0.2, 0.25) is 0 Å². The van der Waals surface area contributed by atoms with Gasteiger partial charge in [-0.15, -0.1) is 0 Å². The SMILES string of the molecule is CCc1nn(C)cc1NC(=O)c1nn(C)cc1N. The fraction of sp³-hybridized carbons (Fsp3) is 0.364. The van der Waals surface area contributed by atoms with Crippen molar-refractivity contribution >= 4 is 17.3 Å². The van der Waals surface area contributed by atoms with Crippen LogP contribution < -0.4 is 11.1 Å². The molecule has 0 fully saturated rings. The number of nitrogens with one attached hydrogen (secondary N) is 1. The van der Waals surface area contributed by atoms with Crippen molar-refractivity contribution in [1.82, 2.24) is 19.6 Å². The Morgan fingerprint density at radius 1 is 1.33 bits per heavy atom. The molecule has 0 atom stereocenters. The Hall–Kier alpha value is -2.31. The van der Waals surface area contributed by atoms with E-state index in [0.717, 1.165) is 12.1 Å². The van der Waals surface area contributed by atoms with Crippen molar-refractivity contribution in [3.8, 4) is 0 Å². The Bertz CT molecular complexity index is 582. The second-order valence-electron chi connectivity index (χ2n) is 4.08. The van der Waals surface area contributed by atoms with Crippen LogP contribution in [0.25, 0.3) is 0 Å². The van der Waals surface area contributed by atoms with E-state index in [2.05, 4.69) is 15.5 Å². The van der Waals surface area contributed by atoms with Gasteiger partial charge in [0.1, 0.15) is 0 Å². The van der Waals surface area contributed by atoms with E-state index < -0.39 is 0 Å². The molecular formula is C11H16N6O. The van der Waals surface area contributed by atoms with Crippen LogP contribution in [0.5, 0.6) is 0 Å². The van der Waals surface area contributed by atoms with Crippen molar-refractivity contribution in [2.75, 3.05) is 11.1 Å². The molecule has 0 unspecified atom stereocenters. The second-order valence-corrected chi connectivity index (χ2v) is 4.08. The first kappa shape index (κ1) is 12.2. The van der Waals surface area contributed by atoms with Crippen molar-refractivity contribution in [3.63, 3.8) is 0 Å². The van der Waals surface area contributed by atoms with Gasteiger partial charge < -0.3 is 11.1 Å². The number of amides is 1. The quantitative estimate of drug-likeness (QED) is 0.830. The molecule has 2 rings (SSSR count). The van der Waals surface area contributed by atoms with Crippen molar-refractivity contribution in [2.45, 2.75) is 13.3 Å². The fourth-order valence-electron chi connectivity index (χ4n) is 1.76. The zero-order valence-electron chi connectivity index (χ0n) is 10.6. The first-order chi connectivity index (χ1) is 8.51. The summed E-state index contributed by atoms with van der Waals surface area (Å²) in [5, 5.41) is 11.0. The Morgan fingerprint density at radius 3 is 2.56 bits per heavy atom. The third kappa shape index (κ3) is 2.20. The number of hydrogen-bond acceptors (Lipinski definition) is 4. The van der Waals surface area contributed by atoms with E-state index in [1.165, 1.54) is 4.68 Å². The normalized spacial score (nSPS) is 10.6. The second kappa shape index (κ2) is 4.52. The van der Waals surface area contributed by atoms with Crippen LogP contribution in [0.3, 0.4) is 0 Å². The number of anilines is 2. The summed E-state index contributed by atoms with van der Waals surface area (Å²) in [6.07, 6.45) is 4.10. The first-order valence-electron chi connectivity index (χ1n) is 5.64. The summed E-state index contributed by atoms with van der Waals surface area (Å²) in [6, 6.07) is 0. The molecule has 1 amide bonds. The van der Waals surface area contributed by atoms with E-state index in [1.54, 1.807) is 24.1 Å². The highest BCUT2D eigenvalue weighted by atomic mass is 16.2. The number of nitrogen functional groups attached to an aromatic ring is 1. The van der Waals surface area contributed by atoms with E-state index in [9.17, 15) is 4.79 Å². The van der Waals surface area contributed by atoms with Gasteiger partial charge in [0.05, 0.1) is 17.1 Å². The number of aryl methyl sites for hydroxylation is 3. The molecule has 7 nitrogen and oxygen atoms in total. The number of aromatic nitrogens is 4. The summed E-state index contributed by atoms with van der Waals surface area (Å²) in [7, 11) is 3.53. The topological polar surface area (TPSA) is 90.8 Å². The van der Waals surface area contributed by atoms with Gasteiger partial charge in [-0.2, -0.15) is 10.2 Å². The molecule has 2 aromatic rings. The average Bonchev–Trinajstić information content (AvgIpc) is 2.81. The summed E-state index contributed by atoms with van der Waals surface area (Å²) >= 11 is 0. The van der Waals surface area contributed by atoms with E-state index in [0.29, 0.717) is 11.4 Å². The van der Waals surface area contributed by atoms with Gasteiger partial charge in [-0.1, -0.05) is 6.92 Å². The average molecular weight is 248 g/mol. The minimum absolute atomic E-state index is 0.225. The summed E-state index contributed by atoms with van der Waals surface area (Å²) < 4.78 is 3.17. The number of nitrogens with two attached hydrogens (primary N) is 1. The molecule has 0 aromatic carbocycles. The maximum atomic E-state index is 12.0. The summed E-state index contributed by atoms with van der Waals surface area (Å²) in [6.45, 7) is 1.98. The van der Waals surface area contributed by atoms with Gasteiger partial charge in [-0.25, -0.2) is 0 Å². The molecule has 0 bridgehead atoms. The van der Waals surface area contributed by atoms with E-state index in [-0.39, 0.29) is 11.6 Å². The predicted octanol–water partition coefficient (Wildman–Crippen LogP) is 0.550. The minimum atomic E-state index is -0.323. The van der Waals surface area contributed by atoms with Gasteiger partial charge >= 0.3 is 0 Å². The molecule has 0 aliphatic heterocycles. The van der Waals surface area contributed by atoms with E-state index in [4.69, 9.17) is 5.73 Å². The molecule has 0 aliphatic carbocycles. The maximum absolute atomic E-state index is 12.0. The van der Waals surface area contributed by atoms with E-state index in [1.807, 2.05) is 14.0 Å². The van der Waals surface area contributed by atoms with Crippen molar-refractivity contribution in [1.29, 1.82) is 0 Å². The maximum Gasteiger partial charge on any atom is 0.278 e. The van der Waals surface area contributed by atoms with Gasteiger partial charge in [0.15, 0.2) is 5.69 Å². The van der Waals surface area contributed by atoms with Crippen LogP contribution >= 0.6 is 0 Å². The van der Waals surface area contributed by atoms with Crippen LogP contribution in [0.1, 0.15) is 23.1 Å². The summed E-state index contributed by atoms with van der Waals surface area (Å²) in [5.41, 5.74) is 7.81. The Balaban J connectivity index is 2.23. The van der Waals surface area contributed by atoms with Gasteiger partial charge in [0.25, 0.3) is 5.91 Å². The van der Waals surface area contributed by atoms with Crippen LogP contribution in [0.15, 0.2) is 12.4 Å². The molecule has 2 heterocycles. The summed E-state index contributed by atoms with van der Waals surface area (Å²) in [5.74, 6) is -0.323. The highest BCUT2D eigenvalue weighted by Crippen LogP contribution is 2.16. The lowest BCUT2D eigenvalue weighted by Gasteiger charge is -2.02. The molecule has 0 spiro atoms. The zero-order chi connectivity index (χ0) is 13.3. The van der Waals surface area contributed by atoms with Gasteiger partial charge in [-0.05, 0) is 6.42 Å². The third-order valence-corrected chi connectivity index (χ3v) is 2.56. The number of nitrogens with zero attached hydrogens (tertiary/aromatic N) is 4. The lowest BCUT2D eigenvalue weighted by Crippen LogP contribution is -2.15. The predicted molar refractivity (Wildman–Crippen MR) is 68.2 cm³/mol. The van der Waals surface area contributed by atoms with Crippen molar-refractivity contribution < 1.29 is 4.79 Å². The number of carbonyl (C=O) groups is 1. The minimum Gasteiger partial charge on any atom is -0.396 e. The Labute approximate surface area is 105 Å². The van der Waals surface area contributed by atoms with Crippen LogP contribution in [0, 0.1) is 0 Å². The van der Waals surface area contributed by atoms with Gasteiger partial charge in [0.2, 0.25) is 0 Å². The monoisotopic (exact) mass is 248 g/mol. The molecule has 96 valence electrons. The molecule has 0 radical (unpaired) electrons. The van der Waals surface area contributed by atoms with Gasteiger partial charge in [0, 0.05) is 26.5 Å². The lowest BCUT2D eigenvalue weighted by atomic mass is 10.3. The molecule has 7 heteroatoms. The van der Waals surface area contributed by atoms with Crippen LogP contribution in [-0.2, 0) is 20.5 Å². The molecule has 3 N–H and O–H groups in total. The van der Waals surface area contributed by atoms with E-state index >= 15 is 0 Å². The van der Waals surface area contributed by atoms with Gasteiger partial charge in [-0.3, -0.25) is 14.2 Å². The largest absolute Gasteiger partial charge is 0.396 e. The van der Waals surface area contributed by atoms with Crippen molar-refractivity contribution in [3.05, 3.63) is 23.8 Å². The molecule has 0 saturated heterocycles. The number of carbonyl (C=O) groups excluding carboxylic acids is 1. The molecule has 18 heavy (non-hydrogen) atoms. The molecule has 0 saturated carbocycles.